The molecule has 0 saturated carbocycles. The summed E-state index contributed by atoms with van der Waals surface area (Å²) in [7, 11) is 0. The Morgan fingerprint density at radius 3 is 1.36 bits per heavy atom. The van der Waals surface area contributed by atoms with Crippen LogP contribution >= 0.6 is 0 Å². The van der Waals surface area contributed by atoms with Crippen LogP contribution in [0.25, 0.3) is 99.5 Å². The van der Waals surface area contributed by atoms with Crippen LogP contribution in [0.4, 0.5) is 0 Å². The van der Waals surface area contributed by atoms with Crippen molar-refractivity contribution in [2.24, 2.45) is 0 Å². The molecule has 0 amide bonds. The van der Waals surface area contributed by atoms with E-state index in [9.17, 15) is 0 Å². The number of nitrogens with one attached hydrogen (secondary N) is 2. The molecule has 11 aromatic rings. The highest BCUT2D eigenvalue weighted by Gasteiger charge is 2.29. The normalized spacial score (nSPS) is 12.5. The van der Waals surface area contributed by atoms with Gasteiger partial charge in [-0.25, -0.2) is 0 Å². The minimum atomic E-state index is -0.0620. The first-order chi connectivity index (χ1) is 33.1. The van der Waals surface area contributed by atoms with E-state index in [2.05, 4.69) is 209 Å². The number of nitrogens with zero attached hydrogens (tertiary/aromatic N) is 2. The van der Waals surface area contributed by atoms with Crippen LogP contribution in [-0.2, 0) is 4.74 Å². The second-order valence-corrected chi connectivity index (χ2v) is 17.1. The predicted molar refractivity (Wildman–Crippen MR) is 279 cm³/mol. The largest absolute Gasteiger partial charge is 0.421 e. The molecule has 0 fully saturated rings. The maximum absolute atomic E-state index is 8.94. The molecule has 2 N–H and O–H groups in total. The van der Waals surface area contributed by atoms with Gasteiger partial charge >= 0.3 is 0 Å². The number of hydrogen-bond acceptors (Lipinski definition) is 3. The summed E-state index contributed by atoms with van der Waals surface area (Å²) in [6.07, 6.45) is 7.74. The van der Waals surface area contributed by atoms with Crippen LogP contribution in [0.3, 0.4) is 0 Å². The van der Waals surface area contributed by atoms with E-state index in [1.807, 2.05) is 30.4 Å². The van der Waals surface area contributed by atoms with Gasteiger partial charge in [0.05, 0.1) is 22.1 Å². The molecule has 5 nitrogen and oxygen atoms in total. The average Bonchev–Trinajstić information content (AvgIpc) is 3.92. The molecule has 67 heavy (non-hydrogen) atoms. The maximum atomic E-state index is 8.94. The van der Waals surface area contributed by atoms with Crippen molar-refractivity contribution in [3.63, 3.8) is 0 Å². The molecule has 0 unspecified atom stereocenters. The minimum Gasteiger partial charge on any atom is -0.421 e. The first-order valence-corrected chi connectivity index (χ1v) is 22.8. The monoisotopic (exact) mass is 860 g/mol. The van der Waals surface area contributed by atoms with E-state index in [-0.39, 0.29) is 11.8 Å². The highest BCUT2D eigenvalue weighted by atomic mass is 16.5. The van der Waals surface area contributed by atoms with Crippen LogP contribution in [0, 0.1) is 10.8 Å². The van der Waals surface area contributed by atoms with Crippen molar-refractivity contribution < 1.29 is 4.74 Å². The number of ether oxygens (including phenoxy) is 1. The van der Waals surface area contributed by atoms with Crippen molar-refractivity contribution in [1.29, 1.82) is 10.8 Å². The highest BCUT2D eigenvalue weighted by molar-refractivity contribution is 6.33. The van der Waals surface area contributed by atoms with Gasteiger partial charge in [0.1, 0.15) is 0 Å². The molecule has 0 atom stereocenters. The summed E-state index contributed by atoms with van der Waals surface area (Å²) in [5.74, 6) is -0.0783. The second-order valence-electron chi connectivity index (χ2n) is 17.1. The smallest absolute Gasteiger partial charge is 0.221 e. The van der Waals surface area contributed by atoms with Gasteiger partial charge in [0, 0.05) is 55.2 Å². The van der Waals surface area contributed by atoms with Crippen LogP contribution in [0.5, 0.6) is 0 Å². The molecule has 12 rings (SSSR count). The molecule has 0 saturated heterocycles. The van der Waals surface area contributed by atoms with E-state index in [1.54, 1.807) is 0 Å². The zero-order chi connectivity index (χ0) is 44.8. The summed E-state index contributed by atoms with van der Waals surface area (Å²) in [5.41, 5.74) is 16.9. The summed E-state index contributed by atoms with van der Waals surface area (Å²) < 4.78 is 10.7. The summed E-state index contributed by atoms with van der Waals surface area (Å²) in [6, 6.07) is 75.7. The quantitative estimate of drug-likeness (QED) is 0.116. The Bertz CT molecular complexity index is 3780. The lowest BCUT2D eigenvalue weighted by atomic mass is 9.88. The molecule has 9 aromatic carbocycles. The molecule has 0 radical (unpaired) electrons. The lowest BCUT2D eigenvalue weighted by Gasteiger charge is -2.19. The van der Waals surface area contributed by atoms with Crippen molar-refractivity contribution in [2.45, 2.75) is 12.8 Å². The van der Waals surface area contributed by atoms with Crippen LogP contribution < -0.4 is 0 Å². The van der Waals surface area contributed by atoms with E-state index in [0.717, 1.165) is 112 Å². The standard InChI is InChI=1S/C62H44N4O/c63-61(43-23-9-3-10-24-43)67-62(64)44-35-37-50(38-36-44)66-54-34-16-14-32-52(54)58-55(47-27-17-25-45(39-47)41-19-5-1-6-20-41)59-57(51-31-13-15-33-53(51)65(59)49-29-11-4-12-30-49)56(60(58)66)48-28-18-26-46(40-48)42-21-7-2-8-22-42/h1-2,4-9,11-40,63-64H,3,10H2. The number of benzene rings is 9. The van der Waals surface area contributed by atoms with Crippen LogP contribution in [-0.4, -0.2) is 20.9 Å². The Labute approximate surface area is 388 Å². The highest BCUT2D eigenvalue weighted by Crippen LogP contribution is 2.52. The molecule has 0 bridgehead atoms. The van der Waals surface area contributed by atoms with Crippen molar-refractivity contribution in [3.8, 4) is 55.9 Å². The van der Waals surface area contributed by atoms with Gasteiger partial charge in [-0.1, -0.05) is 170 Å². The maximum Gasteiger partial charge on any atom is 0.221 e. The van der Waals surface area contributed by atoms with E-state index < -0.39 is 0 Å². The van der Waals surface area contributed by atoms with Gasteiger partial charge in [0.25, 0.3) is 0 Å². The molecule has 2 aromatic heterocycles. The zero-order valence-electron chi connectivity index (χ0n) is 36.7. The summed E-state index contributed by atoms with van der Waals surface area (Å²) >= 11 is 0. The number of fused-ring (bicyclic) bond motifs is 6. The van der Waals surface area contributed by atoms with E-state index >= 15 is 0 Å². The van der Waals surface area contributed by atoms with Gasteiger partial charge in [-0.05, 0) is 107 Å². The van der Waals surface area contributed by atoms with Gasteiger partial charge in [-0.15, -0.1) is 0 Å². The number of hydrogen-bond donors (Lipinski definition) is 2. The third-order valence-electron chi connectivity index (χ3n) is 13.1. The number of para-hydroxylation sites is 3. The zero-order valence-corrected chi connectivity index (χ0v) is 36.7. The first kappa shape index (κ1) is 39.8. The Balaban J connectivity index is 1.22. The van der Waals surface area contributed by atoms with E-state index in [1.165, 1.54) is 0 Å². The third-order valence-corrected chi connectivity index (χ3v) is 13.1. The molecule has 318 valence electrons. The van der Waals surface area contributed by atoms with Crippen molar-refractivity contribution in [1.82, 2.24) is 9.13 Å². The number of rotatable bonds is 8. The summed E-state index contributed by atoms with van der Waals surface area (Å²) in [5, 5.41) is 22.2. The Kier molecular flexibility index (Phi) is 9.88. The fourth-order valence-corrected chi connectivity index (χ4v) is 10.1. The molecular weight excluding hydrogens is 817 g/mol. The van der Waals surface area contributed by atoms with Crippen LogP contribution in [0.15, 0.2) is 236 Å². The van der Waals surface area contributed by atoms with Gasteiger partial charge in [0.15, 0.2) is 0 Å². The number of aromatic nitrogens is 2. The molecule has 1 aliphatic rings. The Hall–Kier alpha value is -8.80. The third kappa shape index (κ3) is 6.88. The van der Waals surface area contributed by atoms with Crippen molar-refractivity contribution in [2.75, 3.05) is 0 Å². The Morgan fingerprint density at radius 1 is 0.403 bits per heavy atom. The average molecular weight is 861 g/mol. The van der Waals surface area contributed by atoms with Gasteiger partial charge in [-0.2, -0.15) is 0 Å². The fraction of sp³-hybridized carbons (Fsp3) is 0.0323. The molecule has 2 heterocycles. The van der Waals surface area contributed by atoms with E-state index in [4.69, 9.17) is 15.6 Å². The van der Waals surface area contributed by atoms with Crippen LogP contribution in [0.2, 0.25) is 0 Å². The summed E-state index contributed by atoms with van der Waals surface area (Å²) in [4.78, 5) is 0. The Morgan fingerprint density at radius 2 is 0.851 bits per heavy atom. The molecule has 0 spiro atoms. The van der Waals surface area contributed by atoms with Crippen molar-refractivity contribution in [3.05, 3.63) is 242 Å². The first-order valence-electron chi connectivity index (χ1n) is 22.8. The minimum absolute atomic E-state index is 0.0163. The lowest BCUT2D eigenvalue weighted by Crippen LogP contribution is -2.14. The SMILES string of the molecule is N=C(OC(=N)c1ccc(-n2c3ccccc3c3c(-c4cccc(-c5ccccc5)c4)c4c(c(-c5cccc(-c6ccccc6)c5)c32)c2ccccc2n4-c2ccccc2)cc1)C1=CCCC=C1. The van der Waals surface area contributed by atoms with Crippen LogP contribution in [0.1, 0.15) is 18.4 Å². The number of allylic oxidation sites excluding steroid dienone is 2. The fourth-order valence-electron chi connectivity index (χ4n) is 10.1. The molecule has 0 aliphatic heterocycles. The topological polar surface area (TPSA) is 66.8 Å². The lowest BCUT2D eigenvalue weighted by molar-refractivity contribution is 0.537. The molecular formula is C62H44N4O. The molecule has 1 aliphatic carbocycles. The molecule has 5 heteroatoms. The van der Waals surface area contributed by atoms with Gasteiger partial charge < -0.3 is 13.9 Å². The van der Waals surface area contributed by atoms with Gasteiger partial charge in [-0.3, -0.25) is 10.8 Å². The van der Waals surface area contributed by atoms with E-state index in [0.29, 0.717) is 11.1 Å². The predicted octanol–water partition coefficient (Wildman–Crippen LogP) is 16.1. The summed E-state index contributed by atoms with van der Waals surface area (Å²) in [6.45, 7) is 0. The van der Waals surface area contributed by atoms with Crippen molar-refractivity contribution >= 4 is 55.4 Å². The van der Waals surface area contributed by atoms with Gasteiger partial charge in [0.2, 0.25) is 11.8 Å². The second kappa shape index (κ2) is 16.6.